The van der Waals surface area contributed by atoms with E-state index < -0.39 is 5.56 Å². The zero-order chi connectivity index (χ0) is 17.0. The van der Waals surface area contributed by atoms with E-state index in [0.717, 1.165) is 12.0 Å². The fourth-order valence-electron chi connectivity index (χ4n) is 2.26. The summed E-state index contributed by atoms with van der Waals surface area (Å²) in [6.07, 6.45) is 0.856. The van der Waals surface area contributed by atoms with E-state index in [9.17, 15) is 15.3 Å². The number of aromatic nitrogens is 1. The number of H-pyrrole nitrogens is 1. The summed E-state index contributed by atoms with van der Waals surface area (Å²) in [5.41, 5.74) is 6.76. The van der Waals surface area contributed by atoms with Crippen LogP contribution in [0.25, 0.3) is 11.1 Å². The fourth-order valence-corrected chi connectivity index (χ4v) is 2.26. The molecule has 1 aromatic carbocycles. The number of rotatable bonds is 4. The molecule has 6 heteroatoms. The molecule has 0 fully saturated rings. The van der Waals surface area contributed by atoms with Crippen molar-refractivity contribution in [2.24, 2.45) is 0 Å². The Hall–Kier alpha value is -3.25. The van der Waals surface area contributed by atoms with Crippen LogP contribution in [0.4, 0.5) is 5.82 Å². The molecule has 0 aliphatic carbocycles. The molecule has 0 spiro atoms. The van der Waals surface area contributed by atoms with E-state index in [-0.39, 0.29) is 22.5 Å². The predicted octanol–water partition coefficient (Wildman–Crippen LogP) is 2.46. The lowest BCUT2D eigenvalue weighted by atomic mass is 9.95. The van der Waals surface area contributed by atoms with Crippen LogP contribution in [0, 0.1) is 29.6 Å². The van der Waals surface area contributed by atoms with Crippen LogP contribution in [0.3, 0.4) is 0 Å². The second-order valence-electron chi connectivity index (χ2n) is 5.05. The van der Waals surface area contributed by atoms with Crippen LogP contribution in [0.15, 0.2) is 23.0 Å². The molecule has 0 saturated carbocycles. The van der Waals surface area contributed by atoms with Crippen molar-refractivity contribution in [3.8, 4) is 29.0 Å². The lowest BCUT2D eigenvalue weighted by Crippen LogP contribution is -2.16. The van der Waals surface area contributed by atoms with Crippen LogP contribution >= 0.6 is 0 Å². The van der Waals surface area contributed by atoms with Gasteiger partial charge in [0.1, 0.15) is 34.8 Å². The summed E-state index contributed by atoms with van der Waals surface area (Å²) in [6, 6.07) is 9.09. The molecule has 0 unspecified atom stereocenters. The van der Waals surface area contributed by atoms with Gasteiger partial charge in [0.25, 0.3) is 5.56 Å². The first-order valence-corrected chi connectivity index (χ1v) is 7.13. The van der Waals surface area contributed by atoms with E-state index in [1.807, 2.05) is 32.1 Å². The maximum Gasteiger partial charge on any atom is 0.268 e. The maximum absolute atomic E-state index is 12.0. The number of anilines is 1. The van der Waals surface area contributed by atoms with Crippen molar-refractivity contribution < 1.29 is 4.74 Å². The summed E-state index contributed by atoms with van der Waals surface area (Å²) >= 11 is 0. The molecular formula is C17H16N4O2. The average molecular weight is 308 g/mol. The van der Waals surface area contributed by atoms with Gasteiger partial charge < -0.3 is 15.5 Å². The highest BCUT2D eigenvalue weighted by Gasteiger charge is 2.18. The molecule has 0 aliphatic heterocycles. The number of ether oxygens (including phenoxy) is 1. The Kier molecular flexibility index (Phi) is 4.68. The van der Waals surface area contributed by atoms with Crippen molar-refractivity contribution in [2.45, 2.75) is 20.3 Å². The van der Waals surface area contributed by atoms with Crippen molar-refractivity contribution in [2.75, 3.05) is 12.3 Å². The van der Waals surface area contributed by atoms with Gasteiger partial charge in [0.05, 0.1) is 6.61 Å². The van der Waals surface area contributed by atoms with Gasteiger partial charge >= 0.3 is 0 Å². The number of nitrogen functional groups attached to an aromatic ring is 1. The van der Waals surface area contributed by atoms with Gasteiger partial charge in [0.2, 0.25) is 0 Å². The molecule has 116 valence electrons. The van der Waals surface area contributed by atoms with Gasteiger partial charge in [-0.15, -0.1) is 0 Å². The number of pyridine rings is 1. The highest BCUT2D eigenvalue weighted by molar-refractivity contribution is 5.80. The van der Waals surface area contributed by atoms with E-state index in [4.69, 9.17) is 10.5 Å². The summed E-state index contributed by atoms with van der Waals surface area (Å²) in [4.78, 5) is 14.3. The normalized spacial score (nSPS) is 9.91. The smallest absolute Gasteiger partial charge is 0.268 e. The van der Waals surface area contributed by atoms with E-state index in [0.29, 0.717) is 17.9 Å². The Morgan fingerprint density at radius 1 is 1.26 bits per heavy atom. The molecule has 3 N–H and O–H groups in total. The van der Waals surface area contributed by atoms with Gasteiger partial charge in [-0.2, -0.15) is 10.5 Å². The second-order valence-corrected chi connectivity index (χ2v) is 5.05. The number of nitrogens with zero attached hydrogens (tertiary/aromatic N) is 2. The number of nitrogens with one attached hydrogen (secondary N) is 1. The minimum atomic E-state index is -0.615. The van der Waals surface area contributed by atoms with Gasteiger partial charge in [0, 0.05) is 5.56 Å². The number of hydrogen-bond acceptors (Lipinski definition) is 5. The summed E-state index contributed by atoms with van der Waals surface area (Å²) in [7, 11) is 0. The molecule has 0 radical (unpaired) electrons. The highest BCUT2D eigenvalue weighted by atomic mass is 16.5. The molecule has 0 saturated heterocycles. The third-order valence-electron chi connectivity index (χ3n) is 3.41. The predicted molar refractivity (Wildman–Crippen MR) is 86.9 cm³/mol. The molecule has 2 rings (SSSR count). The van der Waals surface area contributed by atoms with Crippen molar-refractivity contribution >= 4 is 5.82 Å². The molecule has 1 heterocycles. The minimum Gasteiger partial charge on any atom is -0.493 e. The zero-order valence-corrected chi connectivity index (χ0v) is 12.9. The number of hydrogen-bond donors (Lipinski definition) is 2. The third-order valence-corrected chi connectivity index (χ3v) is 3.41. The summed E-state index contributed by atoms with van der Waals surface area (Å²) in [5.74, 6) is 0.596. The standard InChI is InChI=1S/C17H16N4O2/c1-3-6-23-14-7-11(5-4-10(14)2)15-12(8-18)16(20)21-17(22)13(15)9-19/h4-5,7H,3,6H2,1-2H3,(H3,20,21,22). The second kappa shape index (κ2) is 6.67. The number of benzene rings is 1. The Balaban J connectivity index is 2.75. The maximum atomic E-state index is 12.0. The molecule has 23 heavy (non-hydrogen) atoms. The minimum absolute atomic E-state index is 0.0527. The largest absolute Gasteiger partial charge is 0.493 e. The Bertz CT molecular complexity index is 885. The molecule has 1 aromatic heterocycles. The zero-order valence-electron chi connectivity index (χ0n) is 12.9. The topological polar surface area (TPSA) is 116 Å². The molecular weight excluding hydrogens is 292 g/mol. The van der Waals surface area contributed by atoms with E-state index in [1.165, 1.54) is 0 Å². The van der Waals surface area contributed by atoms with Crippen molar-refractivity contribution in [1.82, 2.24) is 4.98 Å². The average Bonchev–Trinajstić information content (AvgIpc) is 2.53. The van der Waals surface area contributed by atoms with Gasteiger partial charge in [-0.3, -0.25) is 4.79 Å². The van der Waals surface area contributed by atoms with Crippen molar-refractivity contribution in [3.05, 3.63) is 45.2 Å². The third kappa shape index (κ3) is 3.02. The van der Waals surface area contributed by atoms with Gasteiger partial charge in [0.15, 0.2) is 0 Å². The Morgan fingerprint density at radius 3 is 2.57 bits per heavy atom. The monoisotopic (exact) mass is 308 g/mol. The van der Waals surface area contributed by atoms with Crippen molar-refractivity contribution in [3.63, 3.8) is 0 Å². The van der Waals surface area contributed by atoms with E-state index >= 15 is 0 Å². The lowest BCUT2D eigenvalue weighted by Gasteiger charge is -2.13. The fraction of sp³-hybridized carbons (Fsp3) is 0.235. The van der Waals surface area contributed by atoms with Crippen LogP contribution in [-0.2, 0) is 0 Å². The first-order chi connectivity index (χ1) is 11.0. The van der Waals surface area contributed by atoms with Crippen LogP contribution < -0.4 is 16.0 Å². The lowest BCUT2D eigenvalue weighted by molar-refractivity contribution is 0.315. The molecule has 2 aromatic rings. The van der Waals surface area contributed by atoms with Gasteiger partial charge in [-0.05, 0) is 30.5 Å². The molecule has 0 bridgehead atoms. The summed E-state index contributed by atoms with van der Waals surface area (Å²) in [5, 5.41) is 18.6. The number of nitriles is 2. The number of aromatic amines is 1. The molecule has 0 amide bonds. The van der Waals surface area contributed by atoms with Crippen LogP contribution in [0.2, 0.25) is 0 Å². The van der Waals surface area contributed by atoms with Crippen LogP contribution in [-0.4, -0.2) is 11.6 Å². The first kappa shape index (κ1) is 16.1. The van der Waals surface area contributed by atoms with Gasteiger partial charge in [-0.1, -0.05) is 19.1 Å². The van der Waals surface area contributed by atoms with E-state index in [1.54, 1.807) is 12.1 Å². The number of nitrogens with two attached hydrogens (primary N) is 1. The molecule has 0 atom stereocenters. The van der Waals surface area contributed by atoms with Crippen molar-refractivity contribution in [1.29, 1.82) is 10.5 Å². The van der Waals surface area contributed by atoms with Crippen LogP contribution in [0.1, 0.15) is 30.0 Å². The van der Waals surface area contributed by atoms with Gasteiger partial charge in [-0.25, -0.2) is 0 Å². The summed E-state index contributed by atoms with van der Waals surface area (Å²) in [6.45, 7) is 4.45. The number of aryl methyl sites for hydroxylation is 1. The first-order valence-electron chi connectivity index (χ1n) is 7.13. The van der Waals surface area contributed by atoms with E-state index in [2.05, 4.69) is 4.98 Å². The van der Waals surface area contributed by atoms with Crippen LogP contribution in [0.5, 0.6) is 5.75 Å². The molecule has 6 nitrogen and oxygen atoms in total. The highest BCUT2D eigenvalue weighted by Crippen LogP contribution is 2.32. The quantitative estimate of drug-likeness (QED) is 0.900. The molecule has 0 aliphatic rings. The SMILES string of the molecule is CCCOc1cc(-c2c(C#N)c(N)[nH]c(=O)c2C#N)ccc1C. The Labute approximate surface area is 133 Å². The summed E-state index contributed by atoms with van der Waals surface area (Å²) < 4.78 is 5.67. The Morgan fingerprint density at radius 2 is 1.96 bits per heavy atom.